The molecule has 0 aliphatic carbocycles. The van der Waals surface area contributed by atoms with Gasteiger partial charge < -0.3 is 10.2 Å². The number of amides is 1. The van der Waals surface area contributed by atoms with Crippen molar-refractivity contribution in [3.63, 3.8) is 0 Å². The van der Waals surface area contributed by atoms with Crippen molar-refractivity contribution < 1.29 is 9.59 Å². The van der Waals surface area contributed by atoms with E-state index in [1.54, 1.807) is 30.5 Å². The highest BCUT2D eigenvalue weighted by Crippen LogP contribution is 2.24. The second kappa shape index (κ2) is 8.08. The Bertz CT molecular complexity index is 789. The summed E-state index contributed by atoms with van der Waals surface area (Å²) >= 11 is 0. The number of aromatic nitrogens is 2. The normalized spacial score (nSPS) is 17.0. The zero-order valence-corrected chi connectivity index (χ0v) is 15.2. The summed E-state index contributed by atoms with van der Waals surface area (Å²) < 4.78 is 0. The number of piperidine rings is 1. The average Bonchev–Trinajstić information content (AvgIpc) is 2.68. The fourth-order valence-corrected chi connectivity index (χ4v) is 3.32. The molecular formula is C20H24N4O2. The molecule has 1 saturated heterocycles. The number of hydrogen-bond donors (Lipinski definition) is 1. The molecular weight excluding hydrogens is 328 g/mol. The molecule has 1 fully saturated rings. The summed E-state index contributed by atoms with van der Waals surface area (Å²) in [6, 6.07) is 7.34. The van der Waals surface area contributed by atoms with Crippen LogP contribution in [0.5, 0.6) is 0 Å². The van der Waals surface area contributed by atoms with Crippen LogP contribution in [-0.2, 0) is 0 Å². The van der Waals surface area contributed by atoms with Crippen LogP contribution in [0.1, 0.15) is 60.4 Å². The number of carbonyl (C=O) groups is 2. The highest BCUT2D eigenvalue weighted by Gasteiger charge is 2.22. The topological polar surface area (TPSA) is 75.2 Å². The molecule has 0 radical (unpaired) electrons. The van der Waals surface area contributed by atoms with Gasteiger partial charge in [0.2, 0.25) is 0 Å². The van der Waals surface area contributed by atoms with Gasteiger partial charge in [0.25, 0.3) is 5.91 Å². The fourth-order valence-electron chi connectivity index (χ4n) is 3.32. The van der Waals surface area contributed by atoms with Crippen LogP contribution in [-0.4, -0.2) is 34.2 Å². The minimum atomic E-state index is -0.338. The van der Waals surface area contributed by atoms with E-state index in [1.165, 1.54) is 26.0 Å². The van der Waals surface area contributed by atoms with Gasteiger partial charge >= 0.3 is 0 Å². The first-order chi connectivity index (χ1) is 12.6. The number of carbonyl (C=O) groups excluding carboxylic acids is 2. The van der Waals surface area contributed by atoms with Crippen LogP contribution < -0.4 is 10.2 Å². The molecule has 1 N–H and O–H groups in total. The van der Waals surface area contributed by atoms with Gasteiger partial charge in [-0.05, 0) is 44.7 Å². The number of Topliss-reactive ketones (excluding diaryl/α,β-unsaturated/α-hetero) is 1. The first-order valence-electron chi connectivity index (χ1n) is 9.09. The molecule has 0 saturated carbocycles. The second-order valence-electron chi connectivity index (χ2n) is 6.60. The summed E-state index contributed by atoms with van der Waals surface area (Å²) in [6.45, 7) is 4.67. The van der Waals surface area contributed by atoms with Crippen molar-refractivity contribution in [2.45, 2.75) is 45.6 Å². The molecule has 2 heterocycles. The largest absolute Gasteiger partial charge is 0.352 e. The van der Waals surface area contributed by atoms with E-state index in [0.29, 0.717) is 17.3 Å². The first-order valence-corrected chi connectivity index (χ1v) is 9.09. The molecule has 1 atom stereocenters. The third-order valence-corrected chi connectivity index (χ3v) is 4.79. The Balaban J connectivity index is 1.71. The van der Waals surface area contributed by atoms with Crippen LogP contribution in [0.25, 0.3) is 0 Å². The highest BCUT2D eigenvalue weighted by molar-refractivity contribution is 6.03. The zero-order chi connectivity index (χ0) is 18.5. The van der Waals surface area contributed by atoms with E-state index in [4.69, 9.17) is 0 Å². The maximum atomic E-state index is 12.4. The van der Waals surface area contributed by atoms with Crippen LogP contribution in [0.15, 0.2) is 36.7 Å². The van der Waals surface area contributed by atoms with Crippen molar-refractivity contribution in [1.29, 1.82) is 0 Å². The van der Waals surface area contributed by atoms with Gasteiger partial charge in [0.15, 0.2) is 5.78 Å². The molecule has 1 aliphatic rings. The van der Waals surface area contributed by atoms with Gasteiger partial charge in [-0.1, -0.05) is 19.1 Å². The molecule has 3 rings (SSSR count). The highest BCUT2D eigenvalue weighted by atomic mass is 16.2. The zero-order valence-electron chi connectivity index (χ0n) is 15.2. The number of hydrogen-bond acceptors (Lipinski definition) is 5. The van der Waals surface area contributed by atoms with Gasteiger partial charge in [-0.3, -0.25) is 9.59 Å². The van der Waals surface area contributed by atoms with E-state index >= 15 is 0 Å². The Morgan fingerprint density at radius 1 is 1.23 bits per heavy atom. The lowest BCUT2D eigenvalue weighted by Crippen LogP contribution is -2.39. The average molecular weight is 352 g/mol. The quantitative estimate of drug-likeness (QED) is 0.831. The minimum Gasteiger partial charge on any atom is -0.352 e. The number of nitrogens with zero attached hydrogens (tertiary/aromatic N) is 3. The lowest BCUT2D eigenvalue weighted by atomic mass is 10.0. The standard InChI is InChI=1S/C20H24N4O2/c1-3-17-9-4-5-10-24(17)19-13-21-18(12-22-19)20(26)23-16-8-6-7-15(11-16)14(2)25/h6-8,11-13,17H,3-5,9-10H2,1-2H3,(H,23,26). The van der Waals surface area contributed by atoms with Crippen LogP contribution in [0.3, 0.4) is 0 Å². The lowest BCUT2D eigenvalue weighted by molar-refractivity contribution is 0.100. The van der Waals surface area contributed by atoms with E-state index < -0.39 is 0 Å². The molecule has 1 aromatic carbocycles. The van der Waals surface area contributed by atoms with Crippen molar-refractivity contribution >= 4 is 23.2 Å². The Morgan fingerprint density at radius 3 is 2.77 bits per heavy atom. The van der Waals surface area contributed by atoms with Gasteiger partial charge in [-0.25, -0.2) is 9.97 Å². The monoisotopic (exact) mass is 352 g/mol. The fraction of sp³-hybridized carbons (Fsp3) is 0.400. The van der Waals surface area contributed by atoms with Crippen LogP contribution in [0, 0.1) is 0 Å². The molecule has 136 valence electrons. The van der Waals surface area contributed by atoms with Crippen LogP contribution in [0.2, 0.25) is 0 Å². The Morgan fingerprint density at radius 2 is 2.08 bits per heavy atom. The molecule has 1 amide bonds. The van der Waals surface area contributed by atoms with Crippen LogP contribution >= 0.6 is 0 Å². The molecule has 0 bridgehead atoms. The van der Waals surface area contributed by atoms with Gasteiger partial charge in [0.1, 0.15) is 11.5 Å². The molecule has 6 heteroatoms. The van der Waals surface area contributed by atoms with E-state index in [-0.39, 0.29) is 17.4 Å². The first kappa shape index (κ1) is 18.0. The van der Waals surface area contributed by atoms with Crippen molar-refractivity contribution in [3.05, 3.63) is 47.9 Å². The predicted molar refractivity (Wildman–Crippen MR) is 102 cm³/mol. The molecule has 1 aromatic heterocycles. The summed E-state index contributed by atoms with van der Waals surface area (Å²) in [4.78, 5) is 34.9. The van der Waals surface area contributed by atoms with E-state index in [0.717, 1.165) is 25.2 Å². The molecule has 2 aromatic rings. The Hall–Kier alpha value is -2.76. The van der Waals surface area contributed by atoms with E-state index in [2.05, 4.69) is 27.1 Å². The Kier molecular flexibility index (Phi) is 5.61. The van der Waals surface area contributed by atoms with Crippen molar-refractivity contribution in [3.8, 4) is 0 Å². The van der Waals surface area contributed by atoms with Gasteiger partial charge in [-0.2, -0.15) is 0 Å². The third-order valence-electron chi connectivity index (χ3n) is 4.79. The van der Waals surface area contributed by atoms with Gasteiger partial charge in [-0.15, -0.1) is 0 Å². The number of rotatable bonds is 5. The molecule has 1 aliphatic heterocycles. The molecule has 26 heavy (non-hydrogen) atoms. The number of ketones is 1. The van der Waals surface area contributed by atoms with E-state index in [1.807, 2.05) is 0 Å². The Labute approximate surface area is 153 Å². The summed E-state index contributed by atoms with van der Waals surface area (Å²) in [6.07, 6.45) is 7.86. The third kappa shape index (κ3) is 4.07. The summed E-state index contributed by atoms with van der Waals surface area (Å²) in [5.41, 5.74) is 1.38. The summed E-state index contributed by atoms with van der Waals surface area (Å²) in [7, 11) is 0. The minimum absolute atomic E-state index is 0.0442. The molecule has 0 spiro atoms. The van der Waals surface area contributed by atoms with Gasteiger partial charge in [0, 0.05) is 23.8 Å². The summed E-state index contributed by atoms with van der Waals surface area (Å²) in [5, 5.41) is 2.77. The van der Waals surface area contributed by atoms with Crippen molar-refractivity contribution in [2.75, 3.05) is 16.8 Å². The maximum absolute atomic E-state index is 12.4. The van der Waals surface area contributed by atoms with Crippen molar-refractivity contribution in [2.24, 2.45) is 0 Å². The van der Waals surface area contributed by atoms with E-state index in [9.17, 15) is 9.59 Å². The van der Waals surface area contributed by atoms with Crippen LogP contribution in [0.4, 0.5) is 11.5 Å². The molecule has 1 unspecified atom stereocenters. The predicted octanol–water partition coefficient (Wildman–Crippen LogP) is 3.70. The summed E-state index contributed by atoms with van der Waals surface area (Å²) in [5.74, 6) is 0.444. The van der Waals surface area contributed by atoms with Gasteiger partial charge in [0.05, 0.1) is 12.4 Å². The second-order valence-corrected chi connectivity index (χ2v) is 6.60. The lowest BCUT2D eigenvalue weighted by Gasteiger charge is -2.35. The van der Waals surface area contributed by atoms with Crippen molar-refractivity contribution in [1.82, 2.24) is 9.97 Å². The molecule has 6 nitrogen and oxygen atoms in total. The number of nitrogens with one attached hydrogen (secondary N) is 1. The number of benzene rings is 1. The maximum Gasteiger partial charge on any atom is 0.275 e. The number of anilines is 2. The smallest absolute Gasteiger partial charge is 0.275 e. The SMILES string of the molecule is CCC1CCCCN1c1cnc(C(=O)Nc2cccc(C(C)=O)c2)cn1.